The van der Waals surface area contributed by atoms with E-state index in [0.29, 0.717) is 28.8 Å². The van der Waals surface area contributed by atoms with Crippen molar-refractivity contribution in [2.75, 3.05) is 26.2 Å². The third kappa shape index (κ3) is 3.60. The molecule has 1 unspecified atom stereocenters. The largest absolute Gasteiger partial charge is 0.450 e. The van der Waals surface area contributed by atoms with Crippen LogP contribution in [0.1, 0.15) is 48.1 Å². The lowest BCUT2D eigenvalue weighted by molar-refractivity contribution is 0.0718. The minimum Gasteiger partial charge on any atom is -0.450 e. The second-order valence-electron chi connectivity index (χ2n) is 8.37. The average Bonchev–Trinajstić information content (AvgIpc) is 3.14. The van der Waals surface area contributed by atoms with Crippen molar-refractivity contribution >= 4 is 27.6 Å². The van der Waals surface area contributed by atoms with Crippen molar-refractivity contribution in [2.24, 2.45) is 0 Å². The lowest BCUT2D eigenvalue weighted by atomic mass is 10.0. The third-order valence-corrected chi connectivity index (χ3v) is 6.59. The molecule has 2 aromatic heterocycles. The predicted octanol–water partition coefficient (Wildman–Crippen LogP) is 4.62. The Morgan fingerprint density at radius 3 is 2.52 bits per heavy atom. The van der Waals surface area contributed by atoms with Gasteiger partial charge in [0, 0.05) is 18.1 Å². The Bertz CT molecular complexity index is 1380. The van der Waals surface area contributed by atoms with Gasteiger partial charge in [-0.3, -0.25) is 14.6 Å². The Balaban J connectivity index is 1.65. The molecule has 1 aliphatic rings. The van der Waals surface area contributed by atoms with Crippen molar-refractivity contribution in [3.8, 4) is 0 Å². The van der Waals surface area contributed by atoms with E-state index in [2.05, 4.69) is 23.7 Å². The van der Waals surface area contributed by atoms with E-state index in [0.717, 1.165) is 36.8 Å². The summed E-state index contributed by atoms with van der Waals surface area (Å²) in [6, 6.07) is 16.5. The minimum atomic E-state index is -0.544. The summed E-state index contributed by atoms with van der Waals surface area (Å²) in [6.07, 6.45) is 2.50. The van der Waals surface area contributed by atoms with Crippen LogP contribution in [0.4, 0.5) is 0 Å². The number of pyridine rings is 1. The van der Waals surface area contributed by atoms with E-state index >= 15 is 0 Å². The maximum Gasteiger partial charge on any atom is 0.290 e. The number of nitrogens with zero attached hydrogens (tertiary/aromatic N) is 3. The second-order valence-corrected chi connectivity index (χ2v) is 8.37. The maximum absolute atomic E-state index is 13.7. The van der Waals surface area contributed by atoms with Crippen LogP contribution in [-0.4, -0.2) is 46.9 Å². The molecule has 2 aromatic carbocycles. The first kappa shape index (κ1) is 21.3. The average molecular weight is 442 g/mol. The molecule has 1 amide bonds. The van der Waals surface area contributed by atoms with Crippen molar-refractivity contribution in [2.45, 2.75) is 26.3 Å². The fraction of sp³-hybridized carbons (Fsp3) is 0.296. The Kier molecular flexibility index (Phi) is 5.68. The highest BCUT2D eigenvalue weighted by atomic mass is 16.3. The van der Waals surface area contributed by atoms with Crippen molar-refractivity contribution in [3.05, 3.63) is 88.0 Å². The quantitative estimate of drug-likeness (QED) is 0.392. The maximum atomic E-state index is 13.7. The molecule has 0 aliphatic carbocycles. The SMILES string of the molecule is CCN(CC)CCCN1C(=O)c2oc3c(ccc4ccccc43)c(=O)c2C1c1ccccn1. The Morgan fingerprint density at radius 1 is 0.970 bits per heavy atom. The van der Waals surface area contributed by atoms with Crippen molar-refractivity contribution < 1.29 is 9.21 Å². The van der Waals surface area contributed by atoms with Gasteiger partial charge in [-0.2, -0.15) is 0 Å². The van der Waals surface area contributed by atoms with Gasteiger partial charge < -0.3 is 14.2 Å². The molecule has 1 atom stereocenters. The van der Waals surface area contributed by atoms with Gasteiger partial charge in [0.25, 0.3) is 5.91 Å². The normalized spacial score (nSPS) is 15.7. The van der Waals surface area contributed by atoms with Crippen molar-refractivity contribution in [1.29, 1.82) is 0 Å². The van der Waals surface area contributed by atoms with Crippen LogP contribution in [-0.2, 0) is 0 Å². The summed E-state index contributed by atoms with van der Waals surface area (Å²) in [5.41, 5.74) is 1.38. The van der Waals surface area contributed by atoms with Crippen LogP contribution in [0.25, 0.3) is 21.7 Å². The van der Waals surface area contributed by atoms with Crippen LogP contribution in [0.15, 0.2) is 70.0 Å². The molecule has 4 aromatic rings. The van der Waals surface area contributed by atoms with Crippen LogP contribution in [0, 0.1) is 0 Å². The lowest BCUT2D eigenvalue weighted by Gasteiger charge is -2.26. The highest BCUT2D eigenvalue weighted by molar-refractivity contribution is 6.06. The first-order valence-electron chi connectivity index (χ1n) is 11.6. The first-order chi connectivity index (χ1) is 16.1. The number of hydrogen-bond donors (Lipinski definition) is 0. The van der Waals surface area contributed by atoms with Gasteiger partial charge in [0.05, 0.1) is 16.6 Å². The van der Waals surface area contributed by atoms with Gasteiger partial charge in [0.15, 0.2) is 5.43 Å². The molecule has 0 radical (unpaired) electrons. The van der Waals surface area contributed by atoms with Gasteiger partial charge in [-0.05, 0) is 49.6 Å². The summed E-state index contributed by atoms with van der Waals surface area (Å²) in [6.45, 7) is 7.61. The van der Waals surface area contributed by atoms with Crippen molar-refractivity contribution in [1.82, 2.24) is 14.8 Å². The summed E-state index contributed by atoms with van der Waals surface area (Å²) in [4.78, 5) is 35.9. The highest BCUT2D eigenvalue weighted by Crippen LogP contribution is 2.38. The predicted molar refractivity (Wildman–Crippen MR) is 130 cm³/mol. The number of carbonyl (C=O) groups is 1. The summed E-state index contributed by atoms with van der Waals surface area (Å²) >= 11 is 0. The van der Waals surface area contributed by atoms with Crippen LogP contribution in [0.3, 0.4) is 0 Å². The molecule has 1 aliphatic heterocycles. The summed E-state index contributed by atoms with van der Waals surface area (Å²) in [5.74, 6) is -0.102. The van der Waals surface area contributed by atoms with Gasteiger partial charge in [-0.15, -0.1) is 0 Å². The number of fused-ring (bicyclic) bond motifs is 4. The molecule has 168 valence electrons. The van der Waals surface area contributed by atoms with Crippen molar-refractivity contribution in [3.63, 3.8) is 0 Å². The topological polar surface area (TPSA) is 66.7 Å². The summed E-state index contributed by atoms with van der Waals surface area (Å²) < 4.78 is 6.23. The molecule has 0 saturated heterocycles. The fourth-order valence-corrected chi connectivity index (χ4v) is 4.83. The van der Waals surface area contributed by atoms with E-state index in [9.17, 15) is 9.59 Å². The molecule has 0 saturated carbocycles. The van der Waals surface area contributed by atoms with E-state index in [1.54, 1.807) is 17.2 Å². The zero-order valence-electron chi connectivity index (χ0n) is 19.0. The molecule has 0 spiro atoms. The van der Waals surface area contributed by atoms with Gasteiger partial charge >= 0.3 is 0 Å². The number of aromatic nitrogens is 1. The van der Waals surface area contributed by atoms with E-state index in [1.165, 1.54) is 0 Å². The molecule has 3 heterocycles. The number of benzene rings is 2. The Morgan fingerprint density at radius 2 is 1.76 bits per heavy atom. The number of carbonyl (C=O) groups excluding carboxylic acids is 1. The number of amides is 1. The lowest BCUT2D eigenvalue weighted by Crippen LogP contribution is -2.33. The highest BCUT2D eigenvalue weighted by Gasteiger charge is 2.43. The minimum absolute atomic E-state index is 0.141. The van der Waals surface area contributed by atoms with Crippen LogP contribution in [0.2, 0.25) is 0 Å². The van der Waals surface area contributed by atoms with E-state index in [4.69, 9.17) is 4.42 Å². The van der Waals surface area contributed by atoms with E-state index in [-0.39, 0.29) is 17.1 Å². The van der Waals surface area contributed by atoms with Crippen LogP contribution >= 0.6 is 0 Å². The second kappa shape index (κ2) is 8.79. The summed E-state index contributed by atoms with van der Waals surface area (Å²) in [5, 5.41) is 2.29. The molecule has 6 nitrogen and oxygen atoms in total. The summed E-state index contributed by atoms with van der Waals surface area (Å²) in [7, 11) is 0. The molecule has 0 bridgehead atoms. The van der Waals surface area contributed by atoms with E-state index < -0.39 is 6.04 Å². The van der Waals surface area contributed by atoms with Gasteiger partial charge in [0.2, 0.25) is 5.76 Å². The monoisotopic (exact) mass is 441 g/mol. The molecule has 0 fully saturated rings. The number of hydrogen-bond acceptors (Lipinski definition) is 5. The fourth-order valence-electron chi connectivity index (χ4n) is 4.83. The molecule has 6 heteroatoms. The van der Waals surface area contributed by atoms with Gasteiger partial charge in [0.1, 0.15) is 11.6 Å². The third-order valence-electron chi connectivity index (χ3n) is 6.59. The van der Waals surface area contributed by atoms with Gasteiger partial charge in [-0.25, -0.2) is 0 Å². The first-order valence-corrected chi connectivity index (χ1v) is 11.6. The van der Waals surface area contributed by atoms with Gasteiger partial charge in [-0.1, -0.05) is 50.2 Å². The molecular weight excluding hydrogens is 414 g/mol. The number of rotatable bonds is 7. The zero-order valence-corrected chi connectivity index (χ0v) is 19.0. The Hall–Kier alpha value is -3.51. The molecule has 33 heavy (non-hydrogen) atoms. The smallest absolute Gasteiger partial charge is 0.290 e. The zero-order chi connectivity index (χ0) is 22.9. The standard InChI is InChI=1S/C27H27N3O3/c1-3-29(4-2)16-9-17-30-23(21-12-7-8-15-28-21)22-24(31)20-14-13-18-10-5-6-11-19(18)25(20)33-26(22)27(30)32/h5-8,10-15,23H,3-4,9,16-17H2,1-2H3. The van der Waals surface area contributed by atoms with Crippen LogP contribution < -0.4 is 5.43 Å². The molecule has 5 rings (SSSR count). The molecule has 0 N–H and O–H groups in total. The Labute approximate surface area is 192 Å². The molecular formula is C27H27N3O3. The van der Waals surface area contributed by atoms with Crippen LogP contribution in [0.5, 0.6) is 0 Å². The van der Waals surface area contributed by atoms with E-state index in [1.807, 2.05) is 48.5 Å².